The zero-order valence-electron chi connectivity index (χ0n) is 8.70. The molecule has 17 heavy (non-hydrogen) atoms. The van der Waals surface area contributed by atoms with E-state index in [2.05, 4.69) is 0 Å². The topological polar surface area (TPSA) is 72.2 Å². The fraction of sp³-hybridized carbons (Fsp3) is 0.200. The largest absolute Gasteiger partial charge is 0.351 e. The lowest BCUT2D eigenvalue weighted by molar-refractivity contribution is -0.119. The molecular weight excluding hydrogens is 283 g/mol. The van der Waals surface area contributed by atoms with Crippen LogP contribution in [-0.2, 0) is 4.79 Å². The van der Waals surface area contributed by atoms with E-state index in [-0.39, 0.29) is 6.42 Å². The van der Waals surface area contributed by atoms with Gasteiger partial charge in [0.15, 0.2) is 0 Å². The minimum absolute atomic E-state index is 0.177. The monoisotopic (exact) mass is 292 g/mol. The number of nitrogens with one attached hydrogen (secondary N) is 1. The van der Waals surface area contributed by atoms with Crippen LogP contribution in [0.4, 0.5) is 4.79 Å². The molecule has 0 unspecified atom stereocenters. The third kappa shape index (κ3) is 5.30. The van der Waals surface area contributed by atoms with Crippen molar-refractivity contribution < 1.29 is 9.59 Å². The Labute approximate surface area is 113 Å². The molecule has 92 valence electrons. The third-order valence-corrected chi connectivity index (χ3v) is 3.48. The van der Waals surface area contributed by atoms with Crippen LogP contribution in [0.2, 0.25) is 10.0 Å². The van der Waals surface area contributed by atoms with Gasteiger partial charge in [0.05, 0.1) is 5.02 Å². The van der Waals surface area contributed by atoms with Gasteiger partial charge >= 0.3 is 6.03 Å². The number of hydrogen-bond acceptors (Lipinski definition) is 3. The highest BCUT2D eigenvalue weighted by Crippen LogP contribution is 2.30. The molecule has 0 fully saturated rings. The minimum atomic E-state index is -0.846. The van der Waals surface area contributed by atoms with E-state index in [0.717, 1.165) is 4.90 Å². The van der Waals surface area contributed by atoms with Gasteiger partial charge in [0.25, 0.3) is 0 Å². The van der Waals surface area contributed by atoms with Crippen molar-refractivity contribution in [1.29, 1.82) is 0 Å². The van der Waals surface area contributed by atoms with Crippen LogP contribution in [0.3, 0.4) is 0 Å². The first kappa shape index (κ1) is 14.2. The average molecular weight is 293 g/mol. The van der Waals surface area contributed by atoms with Gasteiger partial charge in [0.1, 0.15) is 0 Å². The zero-order valence-corrected chi connectivity index (χ0v) is 11.0. The molecule has 1 rings (SSSR count). The van der Waals surface area contributed by atoms with Gasteiger partial charge in [0.2, 0.25) is 5.91 Å². The van der Waals surface area contributed by atoms with Crippen LogP contribution >= 0.6 is 35.0 Å². The number of thioether (sulfide) groups is 1. The molecule has 7 heteroatoms. The first-order valence-electron chi connectivity index (χ1n) is 4.66. The van der Waals surface area contributed by atoms with Crippen molar-refractivity contribution in [2.75, 3.05) is 5.75 Å². The molecule has 0 radical (unpaired) electrons. The van der Waals surface area contributed by atoms with Crippen LogP contribution in [0.5, 0.6) is 0 Å². The summed E-state index contributed by atoms with van der Waals surface area (Å²) in [7, 11) is 0. The van der Waals surface area contributed by atoms with E-state index in [1.807, 2.05) is 5.32 Å². The number of rotatable bonds is 4. The lowest BCUT2D eigenvalue weighted by Gasteiger charge is -2.04. The van der Waals surface area contributed by atoms with Gasteiger partial charge in [-0.2, -0.15) is 0 Å². The maximum Gasteiger partial charge on any atom is 0.318 e. The van der Waals surface area contributed by atoms with E-state index in [1.165, 1.54) is 11.8 Å². The Hall–Kier alpha value is -0.910. The molecule has 0 aliphatic rings. The lowest BCUT2D eigenvalue weighted by atomic mass is 10.4. The van der Waals surface area contributed by atoms with Crippen LogP contribution in [-0.4, -0.2) is 17.7 Å². The van der Waals surface area contributed by atoms with Crippen molar-refractivity contribution in [1.82, 2.24) is 5.32 Å². The van der Waals surface area contributed by atoms with Gasteiger partial charge in [-0.25, -0.2) is 4.79 Å². The molecule has 1 aromatic rings. The molecule has 0 atom stereocenters. The van der Waals surface area contributed by atoms with Crippen molar-refractivity contribution in [3.63, 3.8) is 0 Å². The average Bonchev–Trinajstić information content (AvgIpc) is 2.22. The summed E-state index contributed by atoms with van der Waals surface area (Å²) < 4.78 is 0. The van der Waals surface area contributed by atoms with Gasteiger partial charge in [-0.15, -0.1) is 11.8 Å². The normalized spacial score (nSPS) is 10.0. The molecule has 0 aliphatic carbocycles. The summed E-state index contributed by atoms with van der Waals surface area (Å²) in [6, 6.07) is 4.25. The van der Waals surface area contributed by atoms with Crippen LogP contribution in [0.25, 0.3) is 0 Å². The summed E-state index contributed by atoms with van der Waals surface area (Å²) in [5.41, 5.74) is 4.80. The first-order chi connectivity index (χ1) is 7.99. The summed E-state index contributed by atoms with van der Waals surface area (Å²) in [5.74, 6) is 0.0715. The Kier molecular flexibility index (Phi) is 5.61. The predicted molar refractivity (Wildman–Crippen MR) is 69.5 cm³/mol. The van der Waals surface area contributed by atoms with Crippen molar-refractivity contribution in [3.05, 3.63) is 28.2 Å². The second-order valence-corrected chi connectivity index (χ2v) is 5.07. The molecule has 0 saturated carbocycles. The standard InChI is InChI=1S/C10H10Cl2N2O2S/c11-6-1-2-7(12)8(5-6)17-4-3-9(15)14-10(13)16/h1-2,5H,3-4H2,(H3,13,14,15,16). The minimum Gasteiger partial charge on any atom is -0.351 e. The second kappa shape index (κ2) is 6.74. The summed E-state index contributed by atoms with van der Waals surface area (Å²) >= 11 is 13.1. The van der Waals surface area contributed by atoms with Crippen LogP contribution in [0.1, 0.15) is 6.42 Å². The molecule has 0 heterocycles. The first-order valence-corrected chi connectivity index (χ1v) is 6.40. The van der Waals surface area contributed by atoms with Crippen molar-refractivity contribution in [2.24, 2.45) is 5.73 Å². The Balaban J connectivity index is 2.43. The van der Waals surface area contributed by atoms with Gasteiger partial charge in [-0.3, -0.25) is 10.1 Å². The molecule has 3 N–H and O–H groups in total. The van der Waals surface area contributed by atoms with E-state index < -0.39 is 11.9 Å². The third-order valence-electron chi connectivity index (χ3n) is 1.74. The van der Waals surface area contributed by atoms with Crippen LogP contribution in [0, 0.1) is 0 Å². The number of nitrogens with two attached hydrogens (primary N) is 1. The molecule has 1 aromatic carbocycles. The van der Waals surface area contributed by atoms with Crippen LogP contribution < -0.4 is 11.1 Å². The Morgan fingerprint density at radius 2 is 2.06 bits per heavy atom. The van der Waals surface area contributed by atoms with E-state index in [0.29, 0.717) is 15.8 Å². The van der Waals surface area contributed by atoms with Gasteiger partial charge in [-0.1, -0.05) is 23.2 Å². The number of amides is 3. The Morgan fingerprint density at radius 3 is 2.71 bits per heavy atom. The molecule has 3 amide bonds. The molecule has 0 bridgehead atoms. The number of halogens is 2. The summed E-state index contributed by atoms with van der Waals surface area (Å²) in [6.07, 6.45) is 0.177. The maximum atomic E-state index is 11.1. The fourth-order valence-corrected chi connectivity index (χ4v) is 2.48. The number of carbonyl (C=O) groups excluding carboxylic acids is 2. The molecule has 0 aromatic heterocycles. The number of carbonyl (C=O) groups is 2. The van der Waals surface area contributed by atoms with Gasteiger partial charge < -0.3 is 5.73 Å². The number of primary amides is 1. The zero-order chi connectivity index (χ0) is 12.8. The second-order valence-electron chi connectivity index (χ2n) is 3.09. The van der Waals surface area contributed by atoms with Crippen LogP contribution in [0.15, 0.2) is 23.1 Å². The summed E-state index contributed by atoms with van der Waals surface area (Å²) in [4.78, 5) is 22.3. The summed E-state index contributed by atoms with van der Waals surface area (Å²) in [6.45, 7) is 0. The van der Waals surface area contributed by atoms with Gasteiger partial charge in [0, 0.05) is 22.1 Å². The van der Waals surface area contributed by atoms with Gasteiger partial charge in [-0.05, 0) is 18.2 Å². The SMILES string of the molecule is NC(=O)NC(=O)CCSc1cc(Cl)ccc1Cl. The fourth-order valence-electron chi connectivity index (χ4n) is 1.04. The van der Waals surface area contributed by atoms with Crippen molar-refractivity contribution in [2.45, 2.75) is 11.3 Å². The molecular formula is C10H10Cl2N2O2S. The van der Waals surface area contributed by atoms with Crippen molar-refractivity contribution in [3.8, 4) is 0 Å². The highest BCUT2D eigenvalue weighted by molar-refractivity contribution is 7.99. The molecule has 0 aliphatic heterocycles. The summed E-state index contributed by atoms with van der Waals surface area (Å²) in [5, 5.41) is 3.14. The van der Waals surface area contributed by atoms with E-state index in [1.54, 1.807) is 18.2 Å². The Morgan fingerprint density at radius 1 is 1.35 bits per heavy atom. The molecule has 0 spiro atoms. The maximum absolute atomic E-state index is 11.1. The number of imide groups is 1. The van der Waals surface area contributed by atoms with Crippen molar-refractivity contribution >= 4 is 46.9 Å². The van der Waals surface area contributed by atoms with E-state index >= 15 is 0 Å². The predicted octanol–water partition coefficient (Wildman–Crippen LogP) is 2.67. The van der Waals surface area contributed by atoms with E-state index in [4.69, 9.17) is 28.9 Å². The molecule has 4 nitrogen and oxygen atoms in total. The highest BCUT2D eigenvalue weighted by Gasteiger charge is 2.06. The number of benzene rings is 1. The molecule has 0 saturated heterocycles. The Bertz CT molecular complexity index is 440. The number of hydrogen-bond donors (Lipinski definition) is 2. The number of urea groups is 1. The highest BCUT2D eigenvalue weighted by atomic mass is 35.5. The smallest absolute Gasteiger partial charge is 0.318 e. The lowest BCUT2D eigenvalue weighted by Crippen LogP contribution is -2.35. The van der Waals surface area contributed by atoms with E-state index in [9.17, 15) is 9.59 Å². The quantitative estimate of drug-likeness (QED) is 0.838.